The van der Waals surface area contributed by atoms with Gasteiger partial charge in [0.25, 0.3) is 0 Å². The summed E-state index contributed by atoms with van der Waals surface area (Å²) in [7, 11) is 0. The third-order valence-electron chi connectivity index (χ3n) is 4.04. The standard InChI is InChI=1S/C24H18O3/c1-2-18-27-23-14-10-21(11-15-23)24(26,20-8-12-22(25)13-9-20)17-16-19-6-4-3-5-7-19/h1,3-15,25-26H,18H2. The lowest BCUT2D eigenvalue weighted by Gasteiger charge is -2.24. The molecule has 0 aromatic heterocycles. The summed E-state index contributed by atoms with van der Waals surface area (Å²) in [5.41, 5.74) is 0.392. The molecule has 2 N–H and O–H groups in total. The van der Waals surface area contributed by atoms with Gasteiger partial charge in [0.1, 0.15) is 18.1 Å². The molecular weight excluding hydrogens is 336 g/mol. The summed E-state index contributed by atoms with van der Waals surface area (Å²) in [6.45, 7) is 0.176. The van der Waals surface area contributed by atoms with Gasteiger partial charge in [-0.25, -0.2) is 0 Å². The maximum absolute atomic E-state index is 11.4. The van der Waals surface area contributed by atoms with E-state index in [-0.39, 0.29) is 12.4 Å². The highest BCUT2D eigenvalue weighted by molar-refractivity contribution is 5.49. The van der Waals surface area contributed by atoms with E-state index in [0.717, 1.165) is 5.56 Å². The van der Waals surface area contributed by atoms with Crippen molar-refractivity contribution in [2.45, 2.75) is 5.60 Å². The minimum Gasteiger partial charge on any atom is -0.508 e. The number of ether oxygens (including phenoxy) is 1. The molecule has 0 saturated heterocycles. The largest absolute Gasteiger partial charge is 0.508 e. The molecule has 1 atom stereocenters. The van der Waals surface area contributed by atoms with E-state index in [1.807, 2.05) is 30.3 Å². The predicted molar refractivity (Wildman–Crippen MR) is 105 cm³/mol. The Morgan fingerprint density at radius 1 is 0.852 bits per heavy atom. The van der Waals surface area contributed by atoms with E-state index in [9.17, 15) is 10.2 Å². The molecular formula is C24H18O3. The second-order valence-electron chi connectivity index (χ2n) is 5.89. The average molecular weight is 354 g/mol. The van der Waals surface area contributed by atoms with Gasteiger partial charge in [-0.1, -0.05) is 60.2 Å². The Morgan fingerprint density at radius 2 is 1.44 bits per heavy atom. The lowest BCUT2D eigenvalue weighted by molar-refractivity contribution is 0.145. The highest BCUT2D eigenvalue weighted by Gasteiger charge is 2.29. The van der Waals surface area contributed by atoms with Crippen molar-refractivity contribution in [3.63, 3.8) is 0 Å². The van der Waals surface area contributed by atoms with Crippen LogP contribution < -0.4 is 4.74 Å². The fourth-order valence-corrected chi connectivity index (χ4v) is 2.62. The van der Waals surface area contributed by atoms with Crippen molar-refractivity contribution in [1.82, 2.24) is 0 Å². The van der Waals surface area contributed by atoms with Crippen LogP contribution in [0.15, 0.2) is 78.9 Å². The molecule has 0 heterocycles. The van der Waals surface area contributed by atoms with Crippen molar-refractivity contribution >= 4 is 0 Å². The first kappa shape index (κ1) is 18.1. The van der Waals surface area contributed by atoms with Crippen LogP contribution in [0.1, 0.15) is 16.7 Å². The van der Waals surface area contributed by atoms with Crippen molar-refractivity contribution in [3.05, 3.63) is 95.6 Å². The van der Waals surface area contributed by atoms with Crippen LogP contribution in [0.4, 0.5) is 0 Å². The van der Waals surface area contributed by atoms with Crippen molar-refractivity contribution in [1.29, 1.82) is 0 Å². The summed E-state index contributed by atoms with van der Waals surface area (Å²) < 4.78 is 5.39. The molecule has 0 aliphatic heterocycles. The fourth-order valence-electron chi connectivity index (χ4n) is 2.62. The van der Waals surface area contributed by atoms with Crippen molar-refractivity contribution in [3.8, 4) is 35.7 Å². The number of aromatic hydroxyl groups is 1. The van der Waals surface area contributed by atoms with E-state index in [2.05, 4.69) is 17.8 Å². The molecule has 132 valence electrons. The third-order valence-corrected chi connectivity index (χ3v) is 4.04. The van der Waals surface area contributed by atoms with Crippen LogP contribution in [0.5, 0.6) is 11.5 Å². The summed E-state index contributed by atoms with van der Waals surface area (Å²) in [5, 5.41) is 21.0. The maximum atomic E-state index is 11.4. The first-order valence-electron chi connectivity index (χ1n) is 8.39. The van der Waals surface area contributed by atoms with E-state index >= 15 is 0 Å². The Morgan fingerprint density at radius 3 is 2.04 bits per heavy atom. The Labute approximate surface area is 158 Å². The molecule has 3 heteroatoms. The predicted octanol–water partition coefficient (Wildman–Crippen LogP) is 3.69. The molecule has 0 aliphatic carbocycles. The van der Waals surface area contributed by atoms with E-state index < -0.39 is 5.60 Å². The molecule has 3 rings (SSSR count). The topological polar surface area (TPSA) is 49.7 Å². The molecule has 0 aliphatic rings. The SMILES string of the molecule is C#CCOc1ccc(C(O)(C#Cc2ccccc2)c2ccc(O)cc2)cc1. The molecule has 0 spiro atoms. The van der Waals surface area contributed by atoms with E-state index in [1.165, 1.54) is 12.1 Å². The highest BCUT2D eigenvalue weighted by Crippen LogP contribution is 2.31. The number of rotatable bonds is 4. The first-order chi connectivity index (χ1) is 13.1. The minimum absolute atomic E-state index is 0.121. The van der Waals surface area contributed by atoms with Gasteiger partial charge in [0.05, 0.1) is 0 Å². The third kappa shape index (κ3) is 4.30. The van der Waals surface area contributed by atoms with Crippen LogP contribution >= 0.6 is 0 Å². The summed E-state index contributed by atoms with van der Waals surface area (Å²) >= 11 is 0. The Balaban J connectivity index is 2.03. The summed E-state index contributed by atoms with van der Waals surface area (Å²) in [6.07, 6.45) is 5.20. The molecule has 0 amide bonds. The average Bonchev–Trinajstić information content (AvgIpc) is 2.72. The van der Waals surface area contributed by atoms with Crippen LogP contribution in [-0.2, 0) is 5.60 Å². The molecule has 0 radical (unpaired) electrons. The van der Waals surface area contributed by atoms with Gasteiger partial charge in [-0.05, 0) is 36.4 Å². The Hall–Kier alpha value is -3.66. The number of benzene rings is 3. The minimum atomic E-state index is -1.55. The summed E-state index contributed by atoms with van der Waals surface area (Å²) in [5.74, 6) is 9.15. The Kier molecular flexibility index (Phi) is 5.47. The highest BCUT2D eigenvalue weighted by atomic mass is 16.5. The van der Waals surface area contributed by atoms with E-state index in [4.69, 9.17) is 11.2 Å². The van der Waals surface area contributed by atoms with Gasteiger partial charge in [-0.15, -0.1) is 6.42 Å². The molecule has 0 bridgehead atoms. The number of terminal acetylenes is 1. The summed E-state index contributed by atoms with van der Waals surface area (Å²) in [4.78, 5) is 0. The lowest BCUT2D eigenvalue weighted by atomic mass is 9.86. The summed E-state index contributed by atoms with van der Waals surface area (Å²) in [6, 6.07) is 22.8. The normalized spacial score (nSPS) is 12.1. The quantitative estimate of drug-likeness (QED) is 0.703. The zero-order chi connectivity index (χ0) is 19.1. The lowest BCUT2D eigenvalue weighted by Crippen LogP contribution is -2.25. The first-order valence-corrected chi connectivity index (χ1v) is 8.39. The molecule has 1 unspecified atom stereocenters. The molecule has 27 heavy (non-hydrogen) atoms. The van der Waals surface area contributed by atoms with Gasteiger partial charge in [-0.3, -0.25) is 0 Å². The molecule has 3 aromatic rings. The number of phenols is 1. The van der Waals surface area contributed by atoms with E-state index in [0.29, 0.717) is 16.9 Å². The van der Waals surface area contributed by atoms with Gasteiger partial charge in [0, 0.05) is 16.7 Å². The van der Waals surface area contributed by atoms with Gasteiger partial charge >= 0.3 is 0 Å². The number of aliphatic hydroxyl groups is 1. The molecule has 0 fully saturated rings. The Bertz CT molecular complexity index is 988. The van der Waals surface area contributed by atoms with Crippen LogP contribution in [-0.4, -0.2) is 16.8 Å². The van der Waals surface area contributed by atoms with Crippen LogP contribution in [0.25, 0.3) is 0 Å². The number of hydrogen-bond acceptors (Lipinski definition) is 3. The second kappa shape index (κ2) is 8.15. The monoisotopic (exact) mass is 354 g/mol. The van der Waals surface area contributed by atoms with Crippen molar-refractivity contribution in [2.75, 3.05) is 6.61 Å². The zero-order valence-electron chi connectivity index (χ0n) is 14.6. The number of hydrogen-bond donors (Lipinski definition) is 2. The second-order valence-corrected chi connectivity index (χ2v) is 5.89. The van der Waals surface area contributed by atoms with Gasteiger partial charge in [0.15, 0.2) is 5.60 Å². The van der Waals surface area contributed by atoms with Gasteiger partial charge < -0.3 is 14.9 Å². The van der Waals surface area contributed by atoms with Crippen LogP contribution in [0.2, 0.25) is 0 Å². The van der Waals surface area contributed by atoms with Crippen LogP contribution in [0, 0.1) is 24.2 Å². The van der Waals surface area contributed by atoms with E-state index in [1.54, 1.807) is 36.4 Å². The molecule has 0 saturated carbocycles. The van der Waals surface area contributed by atoms with Crippen molar-refractivity contribution < 1.29 is 14.9 Å². The maximum Gasteiger partial charge on any atom is 0.177 e. The molecule has 3 nitrogen and oxygen atoms in total. The number of phenolic OH excluding ortho intramolecular Hbond substituents is 1. The van der Waals surface area contributed by atoms with Gasteiger partial charge in [-0.2, -0.15) is 0 Å². The van der Waals surface area contributed by atoms with Crippen LogP contribution in [0.3, 0.4) is 0 Å². The molecule has 3 aromatic carbocycles. The zero-order valence-corrected chi connectivity index (χ0v) is 14.6. The fraction of sp³-hybridized carbons (Fsp3) is 0.0833. The van der Waals surface area contributed by atoms with Gasteiger partial charge in [0.2, 0.25) is 0 Å². The smallest absolute Gasteiger partial charge is 0.177 e. The van der Waals surface area contributed by atoms with Crippen molar-refractivity contribution in [2.24, 2.45) is 0 Å².